The third kappa shape index (κ3) is 3.51. The van der Waals surface area contributed by atoms with E-state index in [2.05, 4.69) is 49.2 Å². The van der Waals surface area contributed by atoms with Crippen LogP contribution < -0.4 is 5.32 Å². The topological polar surface area (TPSA) is 32.3 Å². The summed E-state index contributed by atoms with van der Waals surface area (Å²) in [5.74, 6) is 0.867. The molecule has 3 nitrogen and oxygen atoms in total. The minimum atomic E-state index is -0.268. The number of hydrogen-bond acceptors (Lipinski definition) is 2. The predicted molar refractivity (Wildman–Crippen MR) is 99.3 cm³/mol. The molecule has 0 spiro atoms. The fourth-order valence-electron chi connectivity index (χ4n) is 4.44. The average Bonchev–Trinajstić information content (AvgIpc) is 2.51. The zero-order chi connectivity index (χ0) is 17.2. The summed E-state index contributed by atoms with van der Waals surface area (Å²) in [6.45, 7) is 10.8. The molecule has 1 saturated heterocycles. The maximum atomic E-state index is 13.0. The molecule has 24 heavy (non-hydrogen) atoms. The Bertz CT molecular complexity index is 571. The molecule has 1 aromatic rings. The summed E-state index contributed by atoms with van der Waals surface area (Å²) in [5.41, 5.74) is 3.48. The van der Waals surface area contributed by atoms with Crippen LogP contribution in [0.4, 0.5) is 0 Å². The smallest absolute Gasteiger partial charge is 0.230 e. The minimum Gasteiger partial charge on any atom is -0.355 e. The number of nitrogens with zero attached hydrogens (tertiary/aromatic N) is 1. The quantitative estimate of drug-likeness (QED) is 0.896. The highest BCUT2D eigenvalue weighted by Gasteiger charge is 2.45. The minimum absolute atomic E-state index is 0.257. The van der Waals surface area contributed by atoms with E-state index in [1.807, 2.05) is 0 Å². The van der Waals surface area contributed by atoms with Crippen molar-refractivity contribution in [3.8, 4) is 0 Å². The van der Waals surface area contributed by atoms with E-state index in [4.69, 9.17) is 0 Å². The lowest BCUT2D eigenvalue weighted by atomic mass is 9.63. The Hall–Kier alpha value is -1.35. The van der Waals surface area contributed by atoms with Crippen molar-refractivity contribution < 1.29 is 4.79 Å². The Balaban J connectivity index is 1.66. The van der Waals surface area contributed by atoms with Gasteiger partial charge in [0.1, 0.15) is 0 Å². The SMILES string of the molecule is CCN1CCC[C@H](CNC(=O)C2(c3cc(C)cc(C)c3)CCC2)C1. The lowest BCUT2D eigenvalue weighted by molar-refractivity contribution is -0.130. The zero-order valence-corrected chi connectivity index (χ0v) is 15.5. The number of benzene rings is 1. The van der Waals surface area contributed by atoms with Gasteiger partial charge in [0.2, 0.25) is 5.91 Å². The third-order valence-electron chi connectivity index (χ3n) is 6.02. The monoisotopic (exact) mass is 328 g/mol. The van der Waals surface area contributed by atoms with Gasteiger partial charge >= 0.3 is 0 Å². The molecule has 3 heteroatoms. The van der Waals surface area contributed by atoms with Crippen LogP contribution in [0.2, 0.25) is 0 Å². The predicted octanol–water partition coefficient (Wildman–Crippen LogP) is 3.57. The number of amides is 1. The van der Waals surface area contributed by atoms with Crippen molar-refractivity contribution in [1.29, 1.82) is 0 Å². The van der Waals surface area contributed by atoms with Crippen LogP contribution in [0.1, 0.15) is 55.7 Å². The molecule has 0 unspecified atom stereocenters. The molecule has 1 aromatic carbocycles. The van der Waals surface area contributed by atoms with E-state index in [1.165, 1.54) is 36.1 Å². The number of likely N-dealkylation sites (tertiary alicyclic amines) is 1. The Labute approximate surface area is 146 Å². The van der Waals surface area contributed by atoms with Gasteiger partial charge in [-0.1, -0.05) is 42.7 Å². The van der Waals surface area contributed by atoms with E-state index in [0.717, 1.165) is 38.9 Å². The van der Waals surface area contributed by atoms with E-state index in [0.29, 0.717) is 5.92 Å². The molecule has 1 aliphatic carbocycles. The molecule has 1 aliphatic heterocycles. The molecule has 2 aliphatic rings. The number of piperidine rings is 1. The summed E-state index contributed by atoms with van der Waals surface area (Å²) < 4.78 is 0. The van der Waals surface area contributed by atoms with Crippen LogP contribution in [-0.4, -0.2) is 37.0 Å². The fraction of sp³-hybridized carbons (Fsp3) is 0.667. The number of carbonyl (C=O) groups excluding carboxylic acids is 1. The molecule has 0 bridgehead atoms. The lowest BCUT2D eigenvalue weighted by Gasteiger charge is -2.41. The number of aryl methyl sites for hydroxylation is 2. The number of rotatable bonds is 5. The Kier molecular flexibility index (Phi) is 5.29. The van der Waals surface area contributed by atoms with Gasteiger partial charge in [0, 0.05) is 13.1 Å². The van der Waals surface area contributed by atoms with Crippen LogP contribution >= 0.6 is 0 Å². The van der Waals surface area contributed by atoms with Crippen LogP contribution in [0.15, 0.2) is 18.2 Å². The van der Waals surface area contributed by atoms with Gasteiger partial charge in [0.15, 0.2) is 0 Å². The van der Waals surface area contributed by atoms with Crippen LogP contribution in [0.25, 0.3) is 0 Å². The second kappa shape index (κ2) is 7.26. The zero-order valence-electron chi connectivity index (χ0n) is 15.5. The van der Waals surface area contributed by atoms with Crippen LogP contribution in [-0.2, 0) is 10.2 Å². The Morgan fingerprint density at radius 1 is 1.21 bits per heavy atom. The number of nitrogens with one attached hydrogen (secondary N) is 1. The average molecular weight is 329 g/mol. The van der Waals surface area contributed by atoms with E-state index in [1.54, 1.807) is 0 Å². The standard InChI is InChI=1S/C21H32N2O/c1-4-23-10-5-7-18(15-23)14-22-20(24)21(8-6-9-21)19-12-16(2)11-17(3)13-19/h11-13,18H,4-10,14-15H2,1-3H3,(H,22,24)/t18-/m1/s1. The molecular weight excluding hydrogens is 296 g/mol. The second-order valence-corrected chi connectivity index (χ2v) is 7.92. The first-order valence-corrected chi connectivity index (χ1v) is 9.63. The maximum absolute atomic E-state index is 13.0. The van der Waals surface area contributed by atoms with Crippen molar-refractivity contribution in [2.75, 3.05) is 26.2 Å². The third-order valence-corrected chi connectivity index (χ3v) is 6.02. The summed E-state index contributed by atoms with van der Waals surface area (Å²) in [4.78, 5) is 15.5. The van der Waals surface area contributed by atoms with E-state index >= 15 is 0 Å². The van der Waals surface area contributed by atoms with Crippen molar-refractivity contribution in [2.45, 2.75) is 58.3 Å². The molecule has 1 atom stereocenters. The first-order chi connectivity index (χ1) is 11.5. The molecular formula is C21H32N2O. The normalized spacial score (nSPS) is 23.5. The summed E-state index contributed by atoms with van der Waals surface area (Å²) in [7, 11) is 0. The van der Waals surface area contributed by atoms with Crippen molar-refractivity contribution >= 4 is 5.91 Å². The highest BCUT2D eigenvalue weighted by atomic mass is 16.2. The highest BCUT2D eigenvalue weighted by Crippen LogP contribution is 2.44. The van der Waals surface area contributed by atoms with E-state index in [-0.39, 0.29) is 11.3 Å². The first-order valence-electron chi connectivity index (χ1n) is 9.63. The van der Waals surface area contributed by atoms with Gasteiger partial charge < -0.3 is 10.2 Å². The maximum Gasteiger partial charge on any atom is 0.230 e. The summed E-state index contributed by atoms with van der Waals surface area (Å²) in [5, 5.41) is 3.31. The Morgan fingerprint density at radius 2 is 1.92 bits per heavy atom. The summed E-state index contributed by atoms with van der Waals surface area (Å²) >= 11 is 0. The molecule has 1 N–H and O–H groups in total. The van der Waals surface area contributed by atoms with Gasteiger partial charge in [0.05, 0.1) is 5.41 Å². The van der Waals surface area contributed by atoms with Crippen LogP contribution in [0.3, 0.4) is 0 Å². The molecule has 132 valence electrons. The molecule has 3 rings (SSSR count). The van der Waals surface area contributed by atoms with Crippen molar-refractivity contribution in [1.82, 2.24) is 10.2 Å². The molecule has 1 amide bonds. The molecule has 0 radical (unpaired) electrons. The molecule has 0 aromatic heterocycles. The molecule has 1 saturated carbocycles. The molecule has 2 fully saturated rings. The highest BCUT2D eigenvalue weighted by molar-refractivity contribution is 5.89. The van der Waals surface area contributed by atoms with E-state index in [9.17, 15) is 4.79 Å². The van der Waals surface area contributed by atoms with Gasteiger partial charge in [-0.3, -0.25) is 4.79 Å². The van der Waals surface area contributed by atoms with Gasteiger partial charge in [-0.2, -0.15) is 0 Å². The summed E-state index contributed by atoms with van der Waals surface area (Å²) in [6.07, 6.45) is 5.65. The Morgan fingerprint density at radius 3 is 2.50 bits per heavy atom. The van der Waals surface area contributed by atoms with Crippen LogP contribution in [0.5, 0.6) is 0 Å². The number of hydrogen-bond donors (Lipinski definition) is 1. The molecule has 1 heterocycles. The van der Waals surface area contributed by atoms with Gasteiger partial charge in [0.25, 0.3) is 0 Å². The first kappa shape index (κ1) is 17.5. The largest absolute Gasteiger partial charge is 0.355 e. The van der Waals surface area contributed by atoms with E-state index < -0.39 is 0 Å². The van der Waals surface area contributed by atoms with Gasteiger partial charge in [-0.25, -0.2) is 0 Å². The summed E-state index contributed by atoms with van der Waals surface area (Å²) in [6, 6.07) is 6.62. The second-order valence-electron chi connectivity index (χ2n) is 7.92. The number of carbonyl (C=O) groups is 1. The van der Waals surface area contributed by atoms with Gasteiger partial charge in [-0.15, -0.1) is 0 Å². The van der Waals surface area contributed by atoms with Crippen molar-refractivity contribution in [3.05, 3.63) is 34.9 Å². The van der Waals surface area contributed by atoms with Crippen molar-refractivity contribution in [2.24, 2.45) is 5.92 Å². The van der Waals surface area contributed by atoms with Gasteiger partial charge in [-0.05, 0) is 64.1 Å². The lowest BCUT2D eigenvalue weighted by Crippen LogP contribution is -2.51. The fourth-order valence-corrected chi connectivity index (χ4v) is 4.44. The van der Waals surface area contributed by atoms with Crippen LogP contribution in [0, 0.1) is 19.8 Å². The van der Waals surface area contributed by atoms with Crippen molar-refractivity contribution in [3.63, 3.8) is 0 Å².